The van der Waals surface area contributed by atoms with E-state index in [-0.39, 0.29) is 18.1 Å². The van der Waals surface area contributed by atoms with E-state index in [0.717, 1.165) is 17.0 Å². The molecule has 1 atom stereocenters. The molecule has 170 valence electrons. The van der Waals surface area contributed by atoms with Crippen molar-refractivity contribution < 1.29 is 22.7 Å². The summed E-state index contributed by atoms with van der Waals surface area (Å²) in [5.74, 6) is -0.181. The molecule has 0 unspecified atom stereocenters. The predicted molar refractivity (Wildman–Crippen MR) is 117 cm³/mol. The highest BCUT2D eigenvalue weighted by Gasteiger charge is 2.28. The quantitative estimate of drug-likeness (QED) is 0.427. The fraction of sp³-hybridized carbons (Fsp3) is 0.455. The number of aliphatic imine (C=N–C) groups is 2. The van der Waals surface area contributed by atoms with Crippen molar-refractivity contribution in [2.24, 2.45) is 9.98 Å². The summed E-state index contributed by atoms with van der Waals surface area (Å²) in [4.78, 5) is 24.8. The van der Waals surface area contributed by atoms with Crippen molar-refractivity contribution in [3.05, 3.63) is 47.8 Å². The van der Waals surface area contributed by atoms with Crippen molar-refractivity contribution in [1.82, 2.24) is 10.3 Å². The first-order chi connectivity index (χ1) is 14.6. The fourth-order valence-corrected chi connectivity index (χ4v) is 2.56. The molecular weight excluding hydrogens is 409 g/mol. The van der Waals surface area contributed by atoms with Gasteiger partial charge in [0.05, 0.1) is 35.8 Å². The number of nitrogens with one attached hydrogen (secondary N) is 1. The third kappa shape index (κ3) is 10.1. The first kappa shape index (κ1) is 26.1. The van der Waals surface area contributed by atoms with Crippen molar-refractivity contribution in [2.45, 2.75) is 45.8 Å². The maximum atomic E-state index is 12.4. The van der Waals surface area contributed by atoms with Crippen molar-refractivity contribution >= 4 is 17.3 Å². The monoisotopic (exact) mass is 438 g/mol. The van der Waals surface area contributed by atoms with Gasteiger partial charge in [0.25, 0.3) is 0 Å². The lowest BCUT2D eigenvalue weighted by Crippen LogP contribution is -2.27. The van der Waals surface area contributed by atoms with Crippen LogP contribution in [0.3, 0.4) is 0 Å². The Balaban J connectivity index is 2.60. The Morgan fingerprint density at radius 2 is 2.00 bits per heavy atom. The molecule has 1 N–H and O–H groups in total. The van der Waals surface area contributed by atoms with Crippen LogP contribution in [0.4, 0.5) is 13.2 Å². The van der Waals surface area contributed by atoms with E-state index in [0.29, 0.717) is 12.1 Å². The molecule has 0 spiro atoms. The molecule has 1 heterocycles. The molecule has 1 aromatic heterocycles. The molecule has 0 fully saturated rings. The Hall–Kier alpha value is -2.97. The summed E-state index contributed by atoms with van der Waals surface area (Å²) in [5.41, 5.74) is 3.10. The molecule has 0 saturated heterocycles. The number of carbonyl (C=O) groups is 1. The number of hydrogen-bond donors (Lipinski definition) is 1. The number of halogens is 3. The Kier molecular flexibility index (Phi) is 10.6. The maximum Gasteiger partial charge on any atom is 0.422 e. The summed E-state index contributed by atoms with van der Waals surface area (Å²) in [7, 11) is 3.43. The molecule has 6 nitrogen and oxygen atoms in total. The molecular formula is C22H29F3N4O2. The Bertz CT molecular complexity index is 841. The Morgan fingerprint density at radius 1 is 1.29 bits per heavy atom. The van der Waals surface area contributed by atoms with Gasteiger partial charge < -0.3 is 10.1 Å². The van der Waals surface area contributed by atoms with Crippen molar-refractivity contribution in [3.63, 3.8) is 0 Å². The van der Waals surface area contributed by atoms with Crippen LogP contribution >= 0.6 is 0 Å². The summed E-state index contributed by atoms with van der Waals surface area (Å²) in [6.45, 7) is 4.12. The van der Waals surface area contributed by atoms with Gasteiger partial charge in [-0.15, -0.1) is 0 Å². The van der Waals surface area contributed by atoms with E-state index in [4.69, 9.17) is 0 Å². The van der Waals surface area contributed by atoms with Gasteiger partial charge in [-0.25, -0.2) is 0 Å². The summed E-state index contributed by atoms with van der Waals surface area (Å²) in [6.07, 6.45) is 3.26. The van der Waals surface area contributed by atoms with E-state index in [1.807, 2.05) is 32.1 Å². The minimum atomic E-state index is -4.41. The first-order valence-electron chi connectivity index (χ1n) is 9.75. The molecule has 1 amide bonds. The van der Waals surface area contributed by atoms with E-state index in [2.05, 4.69) is 25.0 Å². The van der Waals surface area contributed by atoms with Crippen LogP contribution in [-0.2, 0) is 4.79 Å². The van der Waals surface area contributed by atoms with Gasteiger partial charge in [0, 0.05) is 20.5 Å². The van der Waals surface area contributed by atoms with Gasteiger partial charge in [-0.1, -0.05) is 18.2 Å². The number of alkyl halides is 3. The zero-order valence-corrected chi connectivity index (χ0v) is 18.5. The number of aromatic nitrogens is 1. The van der Waals surface area contributed by atoms with Crippen LogP contribution in [0.1, 0.15) is 45.3 Å². The molecule has 1 rings (SSSR count). The molecule has 0 aliphatic heterocycles. The van der Waals surface area contributed by atoms with E-state index in [9.17, 15) is 18.0 Å². The average Bonchev–Trinajstić information content (AvgIpc) is 2.73. The van der Waals surface area contributed by atoms with Gasteiger partial charge >= 0.3 is 6.18 Å². The van der Waals surface area contributed by atoms with Crippen LogP contribution in [-0.4, -0.2) is 49.2 Å². The lowest BCUT2D eigenvalue weighted by Gasteiger charge is -2.15. The van der Waals surface area contributed by atoms with Gasteiger partial charge in [-0.05, 0) is 38.5 Å². The van der Waals surface area contributed by atoms with E-state index in [1.165, 1.54) is 18.3 Å². The van der Waals surface area contributed by atoms with E-state index >= 15 is 0 Å². The highest BCUT2D eigenvalue weighted by molar-refractivity contribution is 6.41. The third-order valence-electron chi connectivity index (χ3n) is 4.38. The van der Waals surface area contributed by atoms with E-state index < -0.39 is 18.8 Å². The Morgan fingerprint density at radius 3 is 2.52 bits per heavy atom. The minimum Gasteiger partial charge on any atom is -0.483 e. The van der Waals surface area contributed by atoms with Crippen LogP contribution < -0.4 is 10.1 Å². The molecule has 0 aliphatic carbocycles. The van der Waals surface area contributed by atoms with E-state index in [1.54, 1.807) is 21.0 Å². The second kappa shape index (κ2) is 12.7. The molecule has 0 bridgehead atoms. The van der Waals surface area contributed by atoms with Gasteiger partial charge in [-0.3, -0.25) is 19.8 Å². The highest BCUT2D eigenvalue weighted by Crippen LogP contribution is 2.19. The van der Waals surface area contributed by atoms with Crippen LogP contribution in [0.2, 0.25) is 0 Å². The summed E-state index contributed by atoms with van der Waals surface area (Å²) < 4.78 is 41.2. The van der Waals surface area contributed by atoms with Crippen LogP contribution in [0, 0.1) is 0 Å². The SMILES string of the molecule is C/C=C(\C=C/CC(=NC)C(C)=NC)CC(=O)N[C@H](C)c1ccc(OCC(F)(F)F)cn1. The number of nitrogens with zero attached hydrogens (tertiary/aromatic N) is 3. The van der Waals surface area contributed by atoms with Crippen LogP contribution in [0.15, 0.2) is 52.1 Å². The normalized spacial score (nSPS) is 14.6. The number of hydrogen-bond acceptors (Lipinski definition) is 5. The Labute approximate surface area is 181 Å². The lowest BCUT2D eigenvalue weighted by molar-refractivity contribution is -0.153. The van der Waals surface area contributed by atoms with Gasteiger partial charge in [-0.2, -0.15) is 13.2 Å². The predicted octanol–water partition coefficient (Wildman–Crippen LogP) is 4.64. The summed E-state index contributed by atoms with van der Waals surface area (Å²) in [5, 5.41) is 2.83. The molecule has 1 aromatic rings. The zero-order valence-electron chi connectivity index (χ0n) is 18.5. The highest BCUT2D eigenvalue weighted by atomic mass is 19.4. The zero-order chi connectivity index (χ0) is 23.4. The molecule has 0 saturated carbocycles. The van der Waals surface area contributed by atoms with Gasteiger partial charge in [0.15, 0.2) is 6.61 Å². The smallest absolute Gasteiger partial charge is 0.422 e. The van der Waals surface area contributed by atoms with Gasteiger partial charge in [0.2, 0.25) is 5.91 Å². The molecule has 0 aliphatic rings. The first-order valence-corrected chi connectivity index (χ1v) is 9.75. The maximum absolute atomic E-state index is 12.4. The largest absolute Gasteiger partial charge is 0.483 e. The van der Waals surface area contributed by atoms with Gasteiger partial charge in [0.1, 0.15) is 5.75 Å². The topological polar surface area (TPSA) is 75.9 Å². The number of rotatable bonds is 10. The fourth-order valence-electron chi connectivity index (χ4n) is 2.56. The lowest BCUT2D eigenvalue weighted by atomic mass is 10.1. The number of ether oxygens (including phenoxy) is 1. The molecule has 0 aromatic carbocycles. The van der Waals surface area contributed by atoms with Crippen LogP contribution in [0.5, 0.6) is 5.75 Å². The standard InChI is InChI=1S/C22H29F3N4O2/c1-6-17(8-7-9-19(27-5)15(2)26-4)12-21(30)29-16(3)20-11-10-18(13-28-20)31-14-22(23,24)25/h6-8,10-11,13,16H,9,12,14H2,1-5H3,(H,29,30)/b8-7-,17-6+,26-15?,27-19?/t16-/m1/s1. The number of allylic oxidation sites excluding steroid dienone is 3. The second-order valence-corrected chi connectivity index (χ2v) is 6.74. The van der Waals surface area contributed by atoms with Crippen molar-refractivity contribution in [3.8, 4) is 5.75 Å². The minimum absolute atomic E-state index is 0.0132. The number of pyridine rings is 1. The third-order valence-corrected chi connectivity index (χ3v) is 4.38. The number of amides is 1. The summed E-state index contributed by atoms with van der Waals surface area (Å²) >= 11 is 0. The molecule has 9 heteroatoms. The van der Waals surface area contributed by atoms with Crippen LogP contribution in [0.25, 0.3) is 0 Å². The number of carbonyl (C=O) groups excluding carboxylic acids is 1. The second-order valence-electron chi connectivity index (χ2n) is 6.74. The molecule has 0 radical (unpaired) electrons. The average molecular weight is 438 g/mol. The molecule has 31 heavy (non-hydrogen) atoms. The van der Waals surface area contributed by atoms with Crippen molar-refractivity contribution in [2.75, 3.05) is 20.7 Å². The summed E-state index contributed by atoms with van der Waals surface area (Å²) in [6, 6.07) is 2.51. The van der Waals surface area contributed by atoms with Crippen molar-refractivity contribution in [1.29, 1.82) is 0 Å².